The fourth-order valence-electron chi connectivity index (χ4n) is 2.25. The molecule has 8 heteroatoms. The minimum atomic E-state index is -0.356. The van der Waals surface area contributed by atoms with Crippen LogP contribution in [-0.4, -0.2) is 50.7 Å². The van der Waals surface area contributed by atoms with E-state index in [0.29, 0.717) is 29.5 Å². The molecule has 1 atom stereocenters. The lowest BCUT2D eigenvalue weighted by Crippen LogP contribution is -2.40. The second-order valence-corrected chi connectivity index (χ2v) is 6.13. The Kier molecular flexibility index (Phi) is 5.97. The van der Waals surface area contributed by atoms with Crippen molar-refractivity contribution >= 4 is 29.3 Å². The molecule has 1 aliphatic rings. The summed E-state index contributed by atoms with van der Waals surface area (Å²) in [5.41, 5.74) is 0.519. The van der Waals surface area contributed by atoms with Crippen molar-refractivity contribution in [1.82, 2.24) is 5.32 Å². The van der Waals surface area contributed by atoms with Gasteiger partial charge in [-0.2, -0.15) is 0 Å². The highest BCUT2D eigenvalue weighted by atomic mass is 32.2. The zero-order valence-corrected chi connectivity index (χ0v) is 14.1. The lowest BCUT2D eigenvalue weighted by atomic mass is 10.2. The number of hydrogen-bond donors (Lipinski definition) is 2. The molecule has 2 rings (SSSR count). The predicted octanol–water partition coefficient (Wildman–Crippen LogP) is 1.27. The maximum atomic E-state index is 12.2. The molecule has 0 saturated carbocycles. The van der Waals surface area contributed by atoms with Crippen molar-refractivity contribution in [2.45, 2.75) is 11.7 Å². The average Bonchev–Trinajstić information content (AvgIpc) is 2.55. The van der Waals surface area contributed by atoms with E-state index in [2.05, 4.69) is 10.6 Å². The fourth-order valence-corrected chi connectivity index (χ4v) is 3.26. The van der Waals surface area contributed by atoms with Crippen LogP contribution in [-0.2, 0) is 9.59 Å². The third-order valence-electron chi connectivity index (χ3n) is 3.33. The van der Waals surface area contributed by atoms with E-state index in [1.165, 1.54) is 33.1 Å². The molecule has 0 bridgehead atoms. The van der Waals surface area contributed by atoms with Crippen LogP contribution in [0.1, 0.15) is 6.42 Å². The van der Waals surface area contributed by atoms with Crippen LogP contribution in [0.25, 0.3) is 0 Å². The predicted molar refractivity (Wildman–Crippen MR) is 88.6 cm³/mol. The van der Waals surface area contributed by atoms with Crippen molar-refractivity contribution < 1.29 is 23.8 Å². The van der Waals surface area contributed by atoms with Gasteiger partial charge in [-0.05, 0) is 0 Å². The number of carbonyl (C=O) groups excluding carboxylic acids is 2. The summed E-state index contributed by atoms with van der Waals surface area (Å²) in [5.74, 6) is 1.83. The number of hydrogen-bond acceptors (Lipinski definition) is 6. The minimum Gasteiger partial charge on any atom is -0.493 e. The van der Waals surface area contributed by atoms with Gasteiger partial charge in [0.1, 0.15) is 0 Å². The molecule has 1 aromatic carbocycles. The fraction of sp³-hybridized carbons (Fsp3) is 0.467. The van der Waals surface area contributed by atoms with Gasteiger partial charge in [-0.15, -0.1) is 11.8 Å². The Bertz CT molecular complexity index is 568. The summed E-state index contributed by atoms with van der Waals surface area (Å²) in [6, 6.07) is 3.29. The quantitative estimate of drug-likeness (QED) is 0.811. The van der Waals surface area contributed by atoms with Crippen LogP contribution in [0.15, 0.2) is 12.1 Å². The van der Waals surface area contributed by atoms with Crippen LogP contribution in [0.2, 0.25) is 0 Å². The first-order chi connectivity index (χ1) is 11.1. The number of methoxy groups -OCH3 is 3. The first-order valence-corrected chi connectivity index (χ1v) is 8.13. The molecule has 126 valence electrons. The van der Waals surface area contributed by atoms with E-state index in [1.54, 1.807) is 12.1 Å². The summed E-state index contributed by atoms with van der Waals surface area (Å²) in [4.78, 5) is 23.9. The first-order valence-electron chi connectivity index (χ1n) is 7.08. The number of carbonyl (C=O) groups is 2. The standard InChI is InChI=1S/C15H20N2O5S/c1-20-10-6-9(7-11(21-2)14(10)22-3)17-13(18)8-12-15(19)16-4-5-23-12/h6-7,12H,4-5,8H2,1-3H3,(H,16,19)(H,17,18)/t12-/m0/s1. The van der Waals surface area contributed by atoms with E-state index < -0.39 is 0 Å². The molecule has 7 nitrogen and oxygen atoms in total. The molecule has 23 heavy (non-hydrogen) atoms. The van der Waals surface area contributed by atoms with Crippen molar-refractivity contribution in [3.05, 3.63) is 12.1 Å². The Balaban J connectivity index is 2.09. The molecule has 1 aromatic rings. The van der Waals surface area contributed by atoms with Crippen LogP contribution in [0.3, 0.4) is 0 Å². The van der Waals surface area contributed by atoms with E-state index in [4.69, 9.17) is 14.2 Å². The topological polar surface area (TPSA) is 85.9 Å². The molecule has 2 amide bonds. The van der Waals surface area contributed by atoms with Gasteiger partial charge < -0.3 is 24.8 Å². The molecule has 1 aliphatic heterocycles. The maximum Gasteiger partial charge on any atom is 0.233 e. The molecule has 0 radical (unpaired) electrons. The normalized spacial score (nSPS) is 17.2. The molecule has 0 unspecified atom stereocenters. The van der Waals surface area contributed by atoms with Gasteiger partial charge in [-0.25, -0.2) is 0 Å². The van der Waals surface area contributed by atoms with Crippen molar-refractivity contribution in [1.29, 1.82) is 0 Å². The van der Waals surface area contributed by atoms with Gasteiger partial charge in [0.15, 0.2) is 11.5 Å². The van der Waals surface area contributed by atoms with Crippen molar-refractivity contribution in [2.75, 3.05) is 38.9 Å². The zero-order chi connectivity index (χ0) is 16.8. The number of benzene rings is 1. The molecule has 1 saturated heterocycles. The molecule has 0 aliphatic carbocycles. The Labute approximate surface area is 139 Å². The third kappa shape index (κ3) is 4.22. The molecule has 1 heterocycles. The van der Waals surface area contributed by atoms with Crippen LogP contribution >= 0.6 is 11.8 Å². The van der Waals surface area contributed by atoms with Crippen LogP contribution in [0, 0.1) is 0 Å². The van der Waals surface area contributed by atoms with Crippen LogP contribution in [0.4, 0.5) is 5.69 Å². The van der Waals surface area contributed by atoms with Crippen LogP contribution < -0.4 is 24.8 Å². The van der Waals surface area contributed by atoms with Gasteiger partial charge in [-0.3, -0.25) is 9.59 Å². The largest absolute Gasteiger partial charge is 0.493 e. The molecule has 0 aromatic heterocycles. The Morgan fingerprint density at radius 1 is 1.26 bits per heavy atom. The Morgan fingerprint density at radius 2 is 1.91 bits per heavy atom. The molecule has 0 spiro atoms. The average molecular weight is 340 g/mol. The smallest absolute Gasteiger partial charge is 0.233 e. The van der Waals surface area contributed by atoms with Crippen molar-refractivity contribution in [3.63, 3.8) is 0 Å². The third-order valence-corrected chi connectivity index (χ3v) is 4.55. The Hall–Kier alpha value is -2.09. The number of amides is 2. The summed E-state index contributed by atoms with van der Waals surface area (Å²) >= 11 is 1.49. The second kappa shape index (κ2) is 7.96. The lowest BCUT2D eigenvalue weighted by molar-refractivity contribution is -0.123. The molecular formula is C15H20N2O5S. The summed E-state index contributed by atoms with van der Waals surface area (Å²) < 4.78 is 15.7. The molecule has 2 N–H and O–H groups in total. The SMILES string of the molecule is COc1cc(NC(=O)C[C@@H]2SCCNC2=O)cc(OC)c1OC. The van der Waals surface area contributed by atoms with E-state index in [9.17, 15) is 9.59 Å². The van der Waals surface area contributed by atoms with E-state index in [0.717, 1.165) is 5.75 Å². The van der Waals surface area contributed by atoms with Gasteiger partial charge in [0.25, 0.3) is 0 Å². The molecule has 1 fully saturated rings. The van der Waals surface area contributed by atoms with Gasteiger partial charge >= 0.3 is 0 Å². The van der Waals surface area contributed by atoms with E-state index in [1.807, 2.05) is 0 Å². The van der Waals surface area contributed by atoms with Gasteiger partial charge in [0.05, 0.1) is 26.6 Å². The summed E-state index contributed by atoms with van der Waals surface area (Å²) in [6.07, 6.45) is 0.118. The highest BCUT2D eigenvalue weighted by Gasteiger charge is 2.25. The van der Waals surface area contributed by atoms with Crippen molar-refractivity contribution in [3.8, 4) is 17.2 Å². The number of anilines is 1. The lowest BCUT2D eigenvalue weighted by Gasteiger charge is -2.21. The number of ether oxygens (including phenoxy) is 3. The summed E-state index contributed by atoms with van der Waals surface area (Å²) in [5, 5.41) is 5.16. The maximum absolute atomic E-state index is 12.2. The first kappa shape index (κ1) is 17.3. The van der Waals surface area contributed by atoms with E-state index >= 15 is 0 Å². The summed E-state index contributed by atoms with van der Waals surface area (Å²) in [6.45, 7) is 0.647. The van der Waals surface area contributed by atoms with Gasteiger partial charge in [0, 0.05) is 36.5 Å². The van der Waals surface area contributed by atoms with E-state index in [-0.39, 0.29) is 23.5 Å². The summed E-state index contributed by atoms with van der Waals surface area (Å²) in [7, 11) is 4.52. The number of rotatable bonds is 6. The minimum absolute atomic E-state index is 0.0960. The monoisotopic (exact) mass is 340 g/mol. The highest BCUT2D eigenvalue weighted by molar-refractivity contribution is 8.00. The highest BCUT2D eigenvalue weighted by Crippen LogP contribution is 2.40. The number of nitrogens with one attached hydrogen (secondary N) is 2. The van der Waals surface area contributed by atoms with Crippen molar-refractivity contribution in [2.24, 2.45) is 0 Å². The second-order valence-electron chi connectivity index (χ2n) is 4.82. The zero-order valence-electron chi connectivity index (χ0n) is 13.3. The van der Waals surface area contributed by atoms with Gasteiger partial charge in [-0.1, -0.05) is 0 Å². The Morgan fingerprint density at radius 3 is 2.43 bits per heavy atom. The molecular weight excluding hydrogens is 320 g/mol. The number of thioether (sulfide) groups is 1. The van der Waals surface area contributed by atoms with Crippen LogP contribution in [0.5, 0.6) is 17.2 Å². The van der Waals surface area contributed by atoms with Gasteiger partial charge in [0.2, 0.25) is 17.6 Å².